The van der Waals surface area contributed by atoms with E-state index in [4.69, 9.17) is 9.15 Å². The number of aromatic nitrogens is 1. The van der Waals surface area contributed by atoms with E-state index in [-0.39, 0.29) is 53.9 Å². The first-order valence-electron chi connectivity index (χ1n) is 13.6. The van der Waals surface area contributed by atoms with Crippen molar-refractivity contribution in [1.82, 2.24) is 15.2 Å². The number of esters is 1. The Morgan fingerprint density at radius 2 is 1.95 bits per heavy atom. The lowest BCUT2D eigenvalue weighted by Crippen LogP contribution is -2.44. The van der Waals surface area contributed by atoms with Crippen molar-refractivity contribution in [3.8, 4) is 0 Å². The number of cyclic esters (lactones) is 1. The van der Waals surface area contributed by atoms with Crippen molar-refractivity contribution in [3.63, 3.8) is 0 Å². The summed E-state index contributed by atoms with van der Waals surface area (Å²) in [7, 11) is 0. The van der Waals surface area contributed by atoms with Gasteiger partial charge < -0.3 is 24.5 Å². The second-order valence-electron chi connectivity index (χ2n) is 10.7. The van der Waals surface area contributed by atoms with Crippen LogP contribution in [0.1, 0.15) is 69.1 Å². The van der Waals surface area contributed by atoms with Crippen LogP contribution in [0.2, 0.25) is 0 Å². The van der Waals surface area contributed by atoms with E-state index >= 15 is 0 Å². The summed E-state index contributed by atoms with van der Waals surface area (Å²) < 4.78 is 11.6. The first kappa shape index (κ1) is 30.1. The number of aryl methyl sites for hydroxylation is 1. The number of aliphatic hydroxyl groups excluding tert-OH is 1. The third kappa shape index (κ3) is 8.26. The molecule has 1 fully saturated rings. The van der Waals surface area contributed by atoms with Crippen LogP contribution in [0.15, 0.2) is 52.6 Å². The predicted molar refractivity (Wildman–Crippen MR) is 148 cm³/mol. The number of allylic oxidation sites excluding steroid dienone is 3. The highest BCUT2D eigenvalue weighted by Gasteiger charge is 2.39. The number of aliphatic hydroxyl groups is 1. The molecule has 3 heterocycles. The normalized spacial score (nSPS) is 29.3. The summed E-state index contributed by atoms with van der Waals surface area (Å²) >= 11 is 0. The fraction of sp³-hybridized carbons (Fsp3) is 0.533. The van der Waals surface area contributed by atoms with Crippen LogP contribution in [0.25, 0.3) is 0 Å². The number of rotatable bonds is 1. The molecule has 0 aliphatic carbocycles. The lowest BCUT2D eigenvalue weighted by Gasteiger charge is -2.29. The first-order chi connectivity index (χ1) is 18.5. The predicted octanol–water partition coefficient (Wildman–Crippen LogP) is 3.83. The Morgan fingerprint density at radius 3 is 2.67 bits per heavy atom. The van der Waals surface area contributed by atoms with E-state index in [1.165, 1.54) is 4.90 Å². The second-order valence-corrected chi connectivity index (χ2v) is 10.7. The smallest absolute Gasteiger partial charge is 0.329 e. The molecule has 3 rings (SSSR count). The van der Waals surface area contributed by atoms with Gasteiger partial charge in [0, 0.05) is 31.1 Å². The number of nitrogens with zero attached hydrogens (tertiary/aromatic N) is 2. The average molecular weight is 540 g/mol. The van der Waals surface area contributed by atoms with Crippen LogP contribution in [-0.2, 0) is 20.7 Å². The maximum absolute atomic E-state index is 13.4. The molecular weight excluding hydrogens is 498 g/mol. The van der Waals surface area contributed by atoms with Gasteiger partial charge in [-0.15, -0.1) is 0 Å². The molecule has 2 aliphatic heterocycles. The third-order valence-electron chi connectivity index (χ3n) is 6.93. The van der Waals surface area contributed by atoms with E-state index in [9.17, 15) is 19.5 Å². The number of amides is 1. The molecule has 1 aromatic rings. The number of carbonyl (C=O) groups is 3. The van der Waals surface area contributed by atoms with Crippen molar-refractivity contribution in [2.75, 3.05) is 13.1 Å². The van der Waals surface area contributed by atoms with E-state index in [0.29, 0.717) is 31.6 Å². The molecule has 2 N–H and O–H groups in total. The summed E-state index contributed by atoms with van der Waals surface area (Å²) in [4.78, 5) is 45.1. The van der Waals surface area contributed by atoms with Crippen molar-refractivity contribution in [2.24, 2.45) is 11.8 Å². The summed E-state index contributed by atoms with van der Waals surface area (Å²) in [6.07, 6.45) is 8.77. The van der Waals surface area contributed by atoms with Gasteiger partial charge in [-0.25, -0.2) is 9.78 Å². The lowest BCUT2D eigenvalue weighted by molar-refractivity contribution is -0.158. The summed E-state index contributed by atoms with van der Waals surface area (Å²) in [5, 5.41) is 13.5. The number of hydrogen-bond acceptors (Lipinski definition) is 8. The van der Waals surface area contributed by atoms with E-state index in [1.807, 2.05) is 52.0 Å². The molecule has 2 aliphatic rings. The molecule has 9 heteroatoms. The molecule has 0 radical (unpaired) electrons. The van der Waals surface area contributed by atoms with E-state index in [2.05, 4.69) is 16.9 Å². The molecule has 0 saturated carbocycles. The van der Waals surface area contributed by atoms with Crippen molar-refractivity contribution < 1.29 is 28.6 Å². The highest BCUT2D eigenvalue weighted by atomic mass is 16.5. The van der Waals surface area contributed by atoms with Crippen LogP contribution in [0.5, 0.6) is 0 Å². The molecule has 1 aromatic heterocycles. The van der Waals surface area contributed by atoms with Gasteiger partial charge in [-0.05, 0) is 38.7 Å². The van der Waals surface area contributed by atoms with Crippen molar-refractivity contribution in [1.29, 1.82) is 0 Å². The van der Waals surface area contributed by atoms with Crippen molar-refractivity contribution in [2.45, 2.75) is 78.6 Å². The Labute approximate surface area is 230 Å². The standard InChI is InChI=1S/C30H41N3O6/c1-18(2)28-20(4)11-12-21(5)31-13-7-9-19(3)15-23(34)16-24(35)17-26-32-27(22(6)38-26)29(36)33-14-8-10-25(33)30(37)39-28/h7,9,11-12,15,18,20,23,25,28,31,34H,5,8,10,13-14,16-17H2,1-4,6H3/b9-7+,12-11+,19-15+/t20-,23-,25-,28-/m1/s1. The van der Waals surface area contributed by atoms with Gasteiger partial charge >= 0.3 is 5.97 Å². The number of Topliss-reactive ketones (excluding diaryl/α,β-unsaturated/α-hetero) is 1. The maximum atomic E-state index is 13.4. The van der Waals surface area contributed by atoms with Gasteiger partial charge in [0.25, 0.3) is 5.91 Å². The molecule has 4 atom stereocenters. The lowest BCUT2D eigenvalue weighted by atomic mass is 9.94. The number of hydrogen-bond donors (Lipinski definition) is 2. The van der Waals surface area contributed by atoms with Crippen LogP contribution >= 0.6 is 0 Å². The van der Waals surface area contributed by atoms with Gasteiger partial charge in [-0.3, -0.25) is 9.59 Å². The number of ether oxygens (including phenoxy) is 1. The summed E-state index contributed by atoms with van der Waals surface area (Å²) in [5.41, 5.74) is 1.60. The van der Waals surface area contributed by atoms with E-state index in [0.717, 1.165) is 5.57 Å². The fourth-order valence-electron chi connectivity index (χ4n) is 4.94. The molecule has 1 saturated heterocycles. The van der Waals surface area contributed by atoms with Crippen LogP contribution in [0, 0.1) is 18.8 Å². The minimum absolute atomic E-state index is 0.0563. The first-order valence-corrected chi connectivity index (χ1v) is 13.6. The number of carbonyl (C=O) groups excluding carboxylic acids is 3. The molecule has 9 nitrogen and oxygen atoms in total. The molecule has 39 heavy (non-hydrogen) atoms. The van der Waals surface area contributed by atoms with Gasteiger partial charge in [-0.2, -0.15) is 0 Å². The SMILES string of the molecule is C=C1/C=C/[C@@H](C)[C@@H](C(C)C)OC(=O)[C@H]2CCCN2C(=O)c2nc(oc2C)CC(=O)C[C@H](O)/C=C(C)/C=C/CN1. The fourth-order valence-corrected chi connectivity index (χ4v) is 4.94. The van der Waals surface area contributed by atoms with Crippen LogP contribution in [0.3, 0.4) is 0 Å². The van der Waals surface area contributed by atoms with Crippen molar-refractivity contribution in [3.05, 3.63) is 65.6 Å². The second kappa shape index (κ2) is 13.6. The zero-order valence-electron chi connectivity index (χ0n) is 23.6. The number of nitrogens with one attached hydrogen (secondary N) is 1. The number of fused-ring (bicyclic) bond motifs is 3. The molecule has 212 valence electrons. The van der Waals surface area contributed by atoms with Gasteiger partial charge in [0.1, 0.15) is 23.7 Å². The summed E-state index contributed by atoms with van der Waals surface area (Å²) in [5.74, 6) is -0.762. The summed E-state index contributed by atoms with van der Waals surface area (Å²) in [6, 6.07) is -0.716. The van der Waals surface area contributed by atoms with Crippen LogP contribution in [0.4, 0.5) is 0 Å². The number of ketones is 1. The van der Waals surface area contributed by atoms with E-state index in [1.54, 1.807) is 13.0 Å². The van der Waals surface area contributed by atoms with Crippen LogP contribution in [-0.4, -0.2) is 64.0 Å². The zero-order valence-corrected chi connectivity index (χ0v) is 23.6. The molecule has 0 spiro atoms. The highest BCUT2D eigenvalue weighted by Crippen LogP contribution is 2.26. The van der Waals surface area contributed by atoms with E-state index < -0.39 is 24.0 Å². The van der Waals surface area contributed by atoms with Crippen molar-refractivity contribution >= 4 is 17.7 Å². The van der Waals surface area contributed by atoms with Gasteiger partial charge in [0.2, 0.25) is 5.89 Å². The molecular formula is C30H41N3O6. The van der Waals surface area contributed by atoms with Gasteiger partial charge in [0.05, 0.1) is 12.5 Å². The average Bonchev–Trinajstić information content (AvgIpc) is 3.49. The number of oxazole rings is 1. The maximum Gasteiger partial charge on any atom is 0.329 e. The minimum atomic E-state index is -0.960. The quantitative estimate of drug-likeness (QED) is 0.517. The Balaban J connectivity index is 1.89. The van der Waals surface area contributed by atoms with Crippen LogP contribution < -0.4 is 5.32 Å². The largest absolute Gasteiger partial charge is 0.460 e. The molecule has 0 aromatic carbocycles. The third-order valence-corrected chi connectivity index (χ3v) is 6.93. The Hall–Kier alpha value is -3.46. The Kier molecular flexibility index (Phi) is 10.5. The minimum Gasteiger partial charge on any atom is -0.460 e. The topological polar surface area (TPSA) is 122 Å². The monoisotopic (exact) mass is 539 g/mol. The zero-order chi connectivity index (χ0) is 28.7. The Morgan fingerprint density at radius 1 is 1.21 bits per heavy atom. The molecule has 1 amide bonds. The highest BCUT2D eigenvalue weighted by molar-refractivity contribution is 5.96. The van der Waals surface area contributed by atoms with Gasteiger partial charge in [0.15, 0.2) is 5.69 Å². The van der Waals surface area contributed by atoms with Gasteiger partial charge in [-0.1, -0.05) is 57.2 Å². The Bertz CT molecular complexity index is 1160. The summed E-state index contributed by atoms with van der Waals surface area (Å²) in [6.45, 7) is 14.4. The molecule has 0 unspecified atom stereocenters. The molecule has 2 bridgehead atoms.